The molecule has 1 N–H and O–H groups in total. The molecule has 0 spiro atoms. The molecule has 0 aromatic carbocycles. The van der Waals surface area contributed by atoms with Crippen LogP contribution in [0, 0.1) is 0 Å². The van der Waals surface area contributed by atoms with Crippen molar-refractivity contribution >= 4 is 46.4 Å². The van der Waals surface area contributed by atoms with Gasteiger partial charge in [0.25, 0.3) is 0 Å². The minimum absolute atomic E-state index is 0.485. The van der Waals surface area contributed by atoms with Crippen LogP contribution < -0.4 is 5.32 Å². The second kappa shape index (κ2) is 6.09. The topological polar surface area (TPSA) is 55.1 Å². The van der Waals surface area contributed by atoms with Crippen LogP contribution in [0.5, 0.6) is 0 Å². The standard InChI is InChI=1S/C13H11Cl2N5S/c1-2-16-11-8(14)7-9(15)12(17-11)21-13-19-18-10-5-3-4-6-20(10)13/h3-7H,2H2,1H3,(H,16,17). The molecule has 5 nitrogen and oxygen atoms in total. The SMILES string of the molecule is CCNc1nc(Sc2nnc3ccccn23)c(Cl)cc1Cl. The largest absolute Gasteiger partial charge is 0.369 e. The first kappa shape index (κ1) is 14.4. The Morgan fingerprint density at radius 3 is 2.90 bits per heavy atom. The number of hydrogen-bond donors (Lipinski definition) is 1. The average molecular weight is 340 g/mol. The van der Waals surface area contributed by atoms with E-state index in [-0.39, 0.29) is 0 Å². The molecular weight excluding hydrogens is 329 g/mol. The molecule has 0 aliphatic rings. The Bertz CT molecular complexity index is 789. The number of fused-ring (bicyclic) bond motifs is 1. The van der Waals surface area contributed by atoms with Crippen LogP contribution in [0.25, 0.3) is 5.65 Å². The van der Waals surface area contributed by atoms with E-state index in [4.69, 9.17) is 23.2 Å². The maximum atomic E-state index is 6.22. The summed E-state index contributed by atoms with van der Waals surface area (Å²) in [4.78, 5) is 4.45. The number of nitrogens with one attached hydrogen (secondary N) is 1. The van der Waals surface area contributed by atoms with E-state index >= 15 is 0 Å². The molecule has 3 heterocycles. The summed E-state index contributed by atoms with van der Waals surface area (Å²) in [5, 5.41) is 13.7. The lowest BCUT2D eigenvalue weighted by atomic mass is 10.4. The molecule has 8 heteroatoms. The van der Waals surface area contributed by atoms with Crippen LogP contribution >= 0.6 is 35.0 Å². The molecule has 21 heavy (non-hydrogen) atoms. The van der Waals surface area contributed by atoms with Gasteiger partial charge in [-0.05, 0) is 36.9 Å². The van der Waals surface area contributed by atoms with Crippen molar-refractivity contribution in [1.82, 2.24) is 19.6 Å². The molecule has 0 bridgehead atoms. The number of aromatic nitrogens is 4. The van der Waals surface area contributed by atoms with E-state index in [1.54, 1.807) is 6.07 Å². The van der Waals surface area contributed by atoms with Crippen LogP contribution in [-0.2, 0) is 0 Å². The number of hydrogen-bond acceptors (Lipinski definition) is 5. The van der Waals surface area contributed by atoms with Gasteiger partial charge in [0.1, 0.15) is 10.8 Å². The zero-order chi connectivity index (χ0) is 14.8. The molecular formula is C13H11Cl2N5S. The van der Waals surface area contributed by atoms with Crippen LogP contribution in [0.15, 0.2) is 40.6 Å². The number of anilines is 1. The van der Waals surface area contributed by atoms with E-state index in [2.05, 4.69) is 20.5 Å². The highest BCUT2D eigenvalue weighted by Gasteiger charge is 2.13. The van der Waals surface area contributed by atoms with Gasteiger partial charge in [0.05, 0.1) is 10.0 Å². The fraction of sp³-hybridized carbons (Fsp3) is 0.154. The van der Waals surface area contributed by atoms with Gasteiger partial charge in [0.2, 0.25) is 5.16 Å². The maximum absolute atomic E-state index is 6.22. The van der Waals surface area contributed by atoms with E-state index in [9.17, 15) is 0 Å². The Balaban J connectivity index is 1.99. The molecule has 0 atom stereocenters. The minimum Gasteiger partial charge on any atom is -0.369 e. The third-order valence-electron chi connectivity index (χ3n) is 2.71. The first-order valence-corrected chi connectivity index (χ1v) is 7.84. The molecule has 0 radical (unpaired) electrons. The van der Waals surface area contributed by atoms with Gasteiger partial charge in [-0.1, -0.05) is 29.3 Å². The van der Waals surface area contributed by atoms with Gasteiger partial charge in [-0.15, -0.1) is 10.2 Å². The summed E-state index contributed by atoms with van der Waals surface area (Å²) in [6.07, 6.45) is 1.90. The molecule has 0 amide bonds. The van der Waals surface area contributed by atoms with Crippen LogP contribution in [0.4, 0.5) is 5.82 Å². The van der Waals surface area contributed by atoms with Crippen molar-refractivity contribution in [1.29, 1.82) is 0 Å². The normalized spacial score (nSPS) is 11.0. The quantitative estimate of drug-likeness (QED) is 0.778. The summed E-state index contributed by atoms with van der Waals surface area (Å²) < 4.78 is 1.88. The lowest BCUT2D eigenvalue weighted by Gasteiger charge is -2.08. The predicted octanol–water partition coefficient (Wildman–Crippen LogP) is 4.01. The van der Waals surface area contributed by atoms with Gasteiger partial charge >= 0.3 is 0 Å². The summed E-state index contributed by atoms with van der Waals surface area (Å²) >= 11 is 13.7. The van der Waals surface area contributed by atoms with E-state index < -0.39 is 0 Å². The Labute approximate surface area is 135 Å². The van der Waals surface area contributed by atoms with E-state index in [0.717, 1.165) is 12.2 Å². The molecule has 3 aromatic rings. The van der Waals surface area contributed by atoms with E-state index in [1.807, 2.05) is 35.7 Å². The molecule has 0 aliphatic heterocycles. The number of nitrogens with zero attached hydrogens (tertiary/aromatic N) is 4. The number of pyridine rings is 2. The Kier molecular flexibility index (Phi) is 4.19. The monoisotopic (exact) mass is 339 g/mol. The summed E-state index contributed by atoms with van der Waals surface area (Å²) in [6.45, 7) is 2.71. The van der Waals surface area contributed by atoms with E-state index in [1.165, 1.54) is 11.8 Å². The predicted molar refractivity (Wildman–Crippen MR) is 85.5 cm³/mol. The molecule has 0 unspecified atom stereocenters. The highest BCUT2D eigenvalue weighted by atomic mass is 35.5. The molecule has 3 rings (SSSR count). The zero-order valence-corrected chi connectivity index (χ0v) is 13.4. The van der Waals surface area contributed by atoms with Crippen molar-refractivity contribution in [2.45, 2.75) is 17.1 Å². The van der Waals surface area contributed by atoms with Gasteiger partial charge < -0.3 is 5.32 Å². The first-order chi connectivity index (χ1) is 10.2. The smallest absolute Gasteiger partial charge is 0.201 e. The Hall–Kier alpha value is -1.50. The molecule has 3 aromatic heterocycles. The third-order valence-corrected chi connectivity index (χ3v) is 4.37. The summed E-state index contributed by atoms with van der Waals surface area (Å²) in [5.41, 5.74) is 0.775. The zero-order valence-electron chi connectivity index (χ0n) is 11.0. The first-order valence-electron chi connectivity index (χ1n) is 6.26. The summed E-state index contributed by atoms with van der Waals surface area (Å²) in [6, 6.07) is 7.40. The summed E-state index contributed by atoms with van der Waals surface area (Å²) in [5.74, 6) is 0.611. The van der Waals surface area contributed by atoms with Gasteiger partial charge in [-0.25, -0.2) is 4.98 Å². The van der Waals surface area contributed by atoms with Crippen molar-refractivity contribution in [2.75, 3.05) is 11.9 Å². The van der Waals surface area contributed by atoms with E-state index in [0.29, 0.717) is 26.0 Å². The summed E-state index contributed by atoms with van der Waals surface area (Å²) in [7, 11) is 0. The van der Waals surface area contributed by atoms with Crippen molar-refractivity contribution in [3.63, 3.8) is 0 Å². The Morgan fingerprint density at radius 1 is 1.24 bits per heavy atom. The number of halogens is 2. The van der Waals surface area contributed by atoms with Crippen LogP contribution in [0.3, 0.4) is 0 Å². The molecule has 108 valence electrons. The van der Waals surface area contributed by atoms with Crippen molar-refractivity contribution < 1.29 is 0 Å². The highest BCUT2D eigenvalue weighted by Crippen LogP contribution is 2.35. The fourth-order valence-electron chi connectivity index (χ4n) is 1.79. The Morgan fingerprint density at radius 2 is 2.10 bits per heavy atom. The maximum Gasteiger partial charge on any atom is 0.201 e. The fourth-order valence-corrected chi connectivity index (χ4v) is 3.13. The highest BCUT2D eigenvalue weighted by molar-refractivity contribution is 7.99. The second-order valence-electron chi connectivity index (χ2n) is 4.15. The van der Waals surface area contributed by atoms with Gasteiger partial charge in [0.15, 0.2) is 5.65 Å². The third kappa shape index (κ3) is 2.92. The number of rotatable bonds is 4. The van der Waals surface area contributed by atoms with Crippen molar-refractivity contribution in [3.05, 3.63) is 40.5 Å². The minimum atomic E-state index is 0.485. The lowest BCUT2D eigenvalue weighted by Crippen LogP contribution is -2.01. The van der Waals surface area contributed by atoms with Crippen LogP contribution in [0.2, 0.25) is 10.0 Å². The van der Waals surface area contributed by atoms with Crippen LogP contribution in [0.1, 0.15) is 6.92 Å². The van der Waals surface area contributed by atoms with Crippen molar-refractivity contribution in [3.8, 4) is 0 Å². The molecule has 0 aliphatic carbocycles. The van der Waals surface area contributed by atoms with Gasteiger partial charge in [0, 0.05) is 12.7 Å². The van der Waals surface area contributed by atoms with Crippen LogP contribution in [-0.4, -0.2) is 26.1 Å². The molecule has 0 saturated heterocycles. The molecule has 0 fully saturated rings. The van der Waals surface area contributed by atoms with Gasteiger partial charge in [-0.2, -0.15) is 0 Å². The van der Waals surface area contributed by atoms with Gasteiger partial charge in [-0.3, -0.25) is 4.40 Å². The second-order valence-corrected chi connectivity index (χ2v) is 5.92. The average Bonchev–Trinajstić information content (AvgIpc) is 2.88. The lowest BCUT2D eigenvalue weighted by molar-refractivity contribution is 0.917. The van der Waals surface area contributed by atoms with Crippen molar-refractivity contribution in [2.24, 2.45) is 0 Å². The molecule has 0 saturated carbocycles.